The summed E-state index contributed by atoms with van der Waals surface area (Å²) in [6, 6.07) is 7.12. The van der Waals surface area contributed by atoms with E-state index in [0.29, 0.717) is 17.9 Å². The van der Waals surface area contributed by atoms with Crippen LogP contribution < -0.4 is 10.6 Å². The van der Waals surface area contributed by atoms with Crippen LogP contribution in [0.5, 0.6) is 0 Å². The minimum Gasteiger partial charge on any atom is -0.480 e. The van der Waals surface area contributed by atoms with Gasteiger partial charge in [-0.15, -0.1) is 0 Å². The third-order valence-electron chi connectivity index (χ3n) is 2.45. The number of aliphatic carboxylic acids is 1. The molecular formula is C12H18N2O3. The van der Waals surface area contributed by atoms with E-state index in [4.69, 9.17) is 15.9 Å². The van der Waals surface area contributed by atoms with Gasteiger partial charge in [-0.2, -0.15) is 0 Å². The number of carbonyl (C=O) groups is 1. The molecule has 0 aromatic heterocycles. The molecule has 0 spiro atoms. The normalized spacial score (nSPS) is 12.1. The number of hydrogen-bond donors (Lipinski definition) is 3. The first-order valence-electron chi connectivity index (χ1n) is 5.46. The maximum Gasteiger partial charge on any atom is 0.323 e. The maximum absolute atomic E-state index is 10.8. The molecule has 0 amide bonds. The van der Waals surface area contributed by atoms with Crippen molar-refractivity contribution >= 4 is 17.3 Å². The van der Waals surface area contributed by atoms with Crippen molar-refractivity contribution < 1.29 is 15.0 Å². The molecule has 17 heavy (non-hydrogen) atoms. The Kier molecular flexibility index (Phi) is 4.78. The number of rotatable bonds is 6. The molecule has 5 nitrogen and oxygen atoms in total. The van der Waals surface area contributed by atoms with Crippen LogP contribution in [-0.4, -0.2) is 35.9 Å². The lowest BCUT2D eigenvalue weighted by Gasteiger charge is -2.26. The van der Waals surface area contributed by atoms with Crippen LogP contribution in [0.2, 0.25) is 0 Å². The molecular weight excluding hydrogens is 220 g/mol. The van der Waals surface area contributed by atoms with E-state index in [0.717, 1.165) is 0 Å². The van der Waals surface area contributed by atoms with Gasteiger partial charge in [0.2, 0.25) is 0 Å². The zero-order valence-electron chi connectivity index (χ0n) is 9.84. The molecule has 0 saturated heterocycles. The van der Waals surface area contributed by atoms with Crippen molar-refractivity contribution in [3.05, 3.63) is 24.3 Å². The number of nitrogens with zero attached hydrogens (tertiary/aromatic N) is 1. The van der Waals surface area contributed by atoms with Gasteiger partial charge in [0.25, 0.3) is 0 Å². The van der Waals surface area contributed by atoms with Crippen LogP contribution >= 0.6 is 0 Å². The van der Waals surface area contributed by atoms with Gasteiger partial charge < -0.3 is 20.8 Å². The van der Waals surface area contributed by atoms with E-state index < -0.39 is 5.97 Å². The smallest absolute Gasteiger partial charge is 0.323 e. The lowest BCUT2D eigenvalue weighted by molar-refractivity contribution is -0.135. The van der Waals surface area contributed by atoms with Crippen molar-refractivity contribution in [2.75, 3.05) is 30.3 Å². The molecule has 0 aliphatic carbocycles. The van der Waals surface area contributed by atoms with Gasteiger partial charge in [-0.3, -0.25) is 4.79 Å². The van der Waals surface area contributed by atoms with Gasteiger partial charge in [-0.1, -0.05) is 19.1 Å². The Bertz CT molecular complexity index is 382. The van der Waals surface area contributed by atoms with Crippen molar-refractivity contribution in [1.82, 2.24) is 0 Å². The van der Waals surface area contributed by atoms with Crippen molar-refractivity contribution in [2.24, 2.45) is 5.92 Å². The molecule has 0 saturated carbocycles. The lowest BCUT2D eigenvalue weighted by atomic mass is 10.1. The summed E-state index contributed by atoms with van der Waals surface area (Å²) in [6.45, 7) is 2.20. The van der Waals surface area contributed by atoms with Gasteiger partial charge >= 0.3 is 5.97 Å². The summed E-state index contributed by atoms with van der Waals surface area (Å²) in [6.07, 6.45) is 0. The molecule has 0 aliphatic rings. The molecule has 1 atom stereocenters. The molecule has 1 aromatic rings. The molecule has 94 valence electrons. The number of aliphatic hydroxyl groups excluding tert-OH is 1. The quantitative estimate of drug-likeness (QED) is 0.638. The van der Waals surface area contributed by atoms with E-state index in [9.17, 15) is 4.79 Å². The largest absolute Gasteiger partial charge is 0.480 e. The second kappa shape index (κ2) is 6.10. The summed E-state index contributed by atoms with van der Waals surface area (Å²) in [7, 11) is 0. The predicted molar refractivity (Wildman–Crippen MR) is 67.0 cm³/mol. The van der Waals surface area contributed by atoms with E-state index in [-0.39, 0.29) is 19.1 Å². The number of carboxylic acids is 1. The minimum absolute atomic E-state index is 0.00560. The summed E-state index contributed by atoms with van der Waals surface area (Å²) in [5, 5.41) is 17.9. The fourth-order valence-corrected chi connectivity index (χ4v) is 1.62. The third-order valence-corrected chi connectivity index (χ3v) is 2.45. The molecule has 1 aromatic carbocycles. The molecule has 0 heterocycles. The van der Waals surface area contributed by atoms with Gasteiger partial charge in [0.1, 0.15) is 6.54 Å². The monoisotopic (exact) mass is 238 g/mol. The number of nitrogens with two attached hydrogens (primary N) is 1. The summed E-state index contributed by atoms with van der Waals surface area (Å²) < 4.78 is 0. The molecule has 1 unspecified atom stereocenters. The number of anilines is 2. The van der Waals surface area contributed by atoms with Crippen LogP contribution in [0.15, 0.2) is 24.3 Å². The van der Waals surface area contributed by atoms with E-state index in [2.05, 4.69) is 0 Å². The van der Waals surface area contributed by atoms with Crippen molar-refractivity contribution in [3.63, 3.8) is 0 Å². The van der Waals surface area contributed by atoms with E-state index >= 15 is 0 Å². The Morgan fingerprint density at radius 2 is 2.12 bits per heavy atom. The Hall–Kier alpha value is -1.75. The highest BCUT2D eigenvalue weighted by atomic mass is 16.4. The third kappa shape index (κ3) is 3.96. The number of para-hydroxylation sites is 2. The van der Waals surface area contributed by atoms with Crippen LogP contribution in [-0.2, 0) is 4.79 Å². The standard InChI is InChI=1S/C12H18N2O3/c1-9(8-15)6-14(7-12(16)17)11-5-3-2-4-10(11)13/h2-5,9,15H,6-8,13H2,1H3,(H,16,17). The Labute approximate surface area is 100 Å². The van der Waals surface area contributed by atoms with E-state index in [1.165, 1.54) is 0 Å². The van der Waals surface area contributed by atoms with Crippen molar-refractivity contribution in [3.8, 4) is 0 Å². The molecule has 0 radical (unpaired) electrons. The molecule has 1 rings (SSSR count). The van der Waals surface area contributed by atoms with Crippen LogP contribution in [0.1, 0.15) is 6.92 Å². The summed E-state index contributed by atoms with van der Waals surface area (Å²) in [4.78, 5) is 12.5. The predicted octanol–water partition coefficient (Wildman–Crippen LogP) is 0.788. The summed E-state index contributed by atoms with van der Waals surface area (Å²) in [5.41, 5.74) is 7.05. The van der Waals surface area contributed by atoms with E-state index in [1.54, 1.807) is 23.1 Å². The Balaban J connectivity index is 2.89. The molecule has 0 aliphatic heterocycles. The fraction of sp³-hybridized carbons (Fsp3) is 0.417. The highest BCUT2D eigenvalue weighted by molar-refractivity contribution is 5.77. The summed E-state index contributed by atoms with van der Waals surface area (Å²) in [5.74, 6) is -0.924. The second-order valence-corrected chi connectivity index (χ2v) is 4.12. The average Bonchev–Trinajstić information content (AvgIpc) is 2.28. The zero-order valence-corrected chi connectivity index (χ0v) is 9.84. The number of carboxylic acid groups (broad SMARTS) is 1. The van der Waals surface area contributed by atoms with Crippen molar-refractivity contribution in [1.29, 1.82) is 0 Å². The number of aliphatic hydroxyl groups is 1. The van der Waals surface area contributed by atoms with Gasteiger partial charge in [0.15, 0.2) is 0 Å². The first-order chi connectivity index (χ1) is 8.04. The Morgan fingerprint density at radius 1 is 1.47 bits per heavy atom. The Morgan fingerprint density at radius 3 is 2.65 bits per heavy atom. The lowest BCUT2D eigenvalue weighted by Crippen LogP contribution is -2.35. The zero-order chi connectivity index (χ0) is 12.8. The SMILES string of the molecule is CC(CO)CN(CC(=O)O)c1ccccc1N. The minimum atomic E-state index is -0.918. The highest BCUT2D eigenvalue weighted by Crippen LogP contribution is 2.23. The molecule has 4 N–H and O–H groups in total. The van der Waals surface area contributed by atoms with Crippen molar-refractivity contribution in [2.45, 2.75) is 6.92 Å². The topological polar surface area (TPSA) is 86.8 Å². The van der Waals surface area contributed by atoms with Crippen LogP contribution in [0, 0.1) is 5.92 Å². The first kappa shape index (κ1) is 13.3. The van der Waals surface area contributed by atoms with Gasteiger partial charge in [-0.25, -0.2) is 0 Å². The summed E-state index contributed by atoms with van der Waals surface area (Å²) >= 11 is 0. The molecule has 0 bridgehead atoms. The maximum atomic E-state index is 10.8. The first-order valence-corrected chi connectivity index (χ1v) is 5.46. The van der Waals surface area contributed by atoms with E-state index in [1.807, 2.05) is 13.0 Å². The van der Waals surface area contributed by atoms with Gasteiger partial charge in [-0.05, 0) is 18.1 Å². The van der Waals surface area contributed by atoms with Crippen LogP contribution in [0.3, 0.4) is 0 Å². The second-order valence-electron chi connectivity index (χ2n) is 4.12. The van der Waals surface area contributed by atoms with Gasteiger partial charge in [0.05, 0.1) is 11.4 Å². The molecule has 0 fully saturated rings. The van der Waals surface area contributed by atoms with Gasteiger partial charge in [0, 0.05) is 13.2 Å². The van der Waals surface area contributed by atoms with Crippen LogP contribution in [0.25, 0.3) is 0 Å². The fourth-order valence-electron chi connectivity index (χ4n) is 1.62. The highest BCUT2D eigenvalue weighted by Gasteiger charge is 2.15. The number of benzene rings is 1. The average molecular weight is 238 g/mol. The number of hydrogen-bond acceptors (Lipinski definition) is 4. The number of nitrogen functional groups attached to an aromatic ring is 1. The molecule has 5 heteroatoms. The van der Waals surface area contributed by atoms with Crippen LogP contribution in [0.4, 0.5) is 11.4 Å².